The molecule has 0 rings (SSSR count). The predicted molar refractivity (Wildman–Crippen MR) is 84.3 cm³/mol. The minimum Gasteiger partial charge on any atom is -0.323 e. The van der Waals surface area contributed by atoms with E-state index in [1.807, 2.05) is 12.5 Å². The largest absolute Gasteiger partial charge is 0.433 e. The highest BCUT2D eigenvalue weighted by atomic mass is 32.2. The molecule has 0 fully saturated rings. The van der Waals surface area contributed by atoms with Crippen LogP contribution in [0.1, 0.15) is 13.8 Å². The fraction of sp³-hybridized carbons (Fsp3) is 0.600. The maximum Gasteiger partial charge on any atom is 0.433 e. The number of nitrogens with one attached hydrogen (secondary N) is 2. The van der Waals surface area contributed by atoms with Crippen molar-refractivity contribution < 1.29 is 19.3 Å². The van der Waals surface area contributed by atoms with E-state index in [0.29, 0.717) is 10.1 Å². The van der Waals surface area contributed by atoms with Gasteiger partial charge in [0.2, 0.25) is 0 Å². The molecule has 0 radical (unpaired) electrons. The molecule has 0 unspecified atom stereocenters. The van der Waals surface area contributed by atoms with Crippen LogP contribution in [0.5, 0.6) is 0 Å². The molecule has 0 saturated carbocycles. The summed E-state index contributed by atoms with van der Waals surface area (Å²) in [7, 11) is 2.96. The summed E-state index contributed by atoms with van der Waals surface area (Å²) in [5.74, 6) is 0. The lowest BCUT2D eigenvalue weighted by molar-refractivity contribution is 0.152. The lowest BCUT2D eigenvalue weighted by Crippen LogP contribution is -2.16. The van der Waals surface area contributed by atoms with Crippen LogP contribution in [0.4, 0.5) is 9.59 Å². The van der Waals surface area contributed by atoms with Crippen LogP contribution in [0.2, 0.25) is 0 Å². The van der Waals surface area contributed by atoms with Crippen molar-refractivity contribution in [3.05, 3.63) is 0 Å². The van der Waals surface area contributed by atoms with Gasteiger partial charge in [0.15, 0.2) is 0 Å². The first-order valence-corrected chi connectivity index (χ1v) is 7.80. The van der Waals surface area contributed by atoms with Crippen molar-refractivity contribution in [2.45, 2.75) is 13.8 Å². The molecule has 0 aliphatic carbocycles. The topological polar surface area (TPSA) is 101 Å². The number of carbonyl (C=O) groups excluding carboxylic acids is 2. The van der Waals surface area contributed by atoms with Crippen LogP contribution in [-0.4, -0.2) is 48.9 Å². The third-order valence-corrected chi connectivity index (χ3v) is 2.84. The van der Waals surface area contributed by atoms with Gasteiger partial charge in [-0.15, -0.1) is 23.5 Å². The number of thioether (sulfide) groups is 2. The Morgan fingerprint density at radius 3 is 1.35 bits per heavy atom. The van der Waals surface area contributed by atoms with Gasteiger partial charge in [-0.3, -0.25) is 9.68 Å². The van der Waals surface area contributed by atoms with Gasteiger partial charge >= 0.3 is 12.2 Å². The number of nitrogens with zero attached hydrogens (tertiary/aromatic N) is 2. The van der Waals surface area contributed by atoms with Crippen molar-refractivity contribution in [2.24, 2.45) is 10.3 Å². The summed E-state index contributed by atoms with van der Waals surface area (Å²) < 4.78 is 0. The molecule has 2 amide bonds. The highest BCUT2D eigenvalue weighted by molar-refractivity contribution is 8.13. The van der Waals surface area contributed by atoms with Gasteiger partial charge in [-0.2, -0.15) is 0 Å². The monoisotopic (exact) mass is 324 g/mol. The maximum atomic E-state index is 10.4. The smallest absolute Gasteiger partial charge is 0.323 e. The van der Waals surface area contributed by atoms with Gasteiger partial charge < -0.3 is 10.6 Å². The number of hydrogen-bond acceptors (Lipinski definition) is 8. The molecule has 0 saturated heterocycles. The van der Waals surface area contributed by atoms with E-state index in [9.17, 15) is 9.59 Å². The second-order valence-corrected chi connectivity index (χ2v) is 4.88. The van der Waals surface area contributed by atoms with Crippen molar-refractivity contribution in [3.8, 4) is 0 Å². The predicted octanol–water partition coefficient (Wildman–Crippen LogP) is 2.08. The Hall–Kier alpha value is -1.42. The zero-order valence-corrected chi connectivity index (χ0v) is 14.0. The molecule has 10 heteroatoms. The third kappa shape index (κ3) is 14.6. The molecule has 8 nitrogen and oxygen atoms in total. The van der Waals surface area contributed by atoms with Crippen molar-refractivity contribution in [3.63, 3.8) is 0 Å². The SMILES string of the molecule is CNC(=O)O/N=C(\C)SC.CNC(=O)O/N=C(\C)SC. The molecule has 0 aromatic carbocycles. The molecule has 0 aromatic heterocycles. The number of oxime groups is 2. The highest BCUT2D eigenvalue weighted by Gasteiger charge is 1.95. The molecular weight excluding hydrogens is 304 g/mol. The number of hydrogen-bond donors (Lipinski definition) is 2. The Kier molecular flexibility index (Phi) is 14.6. The van der Waals surface area contributed by atoms with Crippen LogP contribution in [-0.2, 0) is 9.68 Å². The first kappa shape index (κ1) is 20.9. The summed E-state index contributed by atoms with van der Waals surface area (Å²) >= 11 is 2.84. The van der Waals surface area contributed by atoms with E-state index in [-0.39, 0.29) is 0 Å². The molecule has 0 heterocycles. The van der Waals surface area contributed by atoms with Gasteiger partial charge in [-0.25, -0.2) is 9.59 Å². The Balaban J connectivity index is 0. The summed E-state index contributed by atoms with van der Waals surface area (Å²) in [6.07, 6.45) is 2.61. The summed E-state index contributed by atoms with van der Waals surface area (Å²) in [4.78, 5) is 29.5. The minimum absolute atomic E-state index is 0.548. The Labute approximate surface area is 127 Å². The average molecular weight is 324 g/mol. The van der Waals surface area contributed by atoms with E-state index in [2.05, 4.69) is 30.6 Å². The molecular formula is C10H20N4O4S2. The number of rotatable bonds is 2. The molecule has 0 bridgehead atoms. The molecule has 0 aliphatic rings. The van der Waals surface area contributed by atoms with Gasteiger partial charge in [0.25, 0.3) is 0 Å². The van der Waals surface area contributed by atoms with Crippen molar-refractivity contribution in [1.82, 2.24) is 10.6 Å². The summed E-state index contributed by atoms with van der Waals surface area (Å²) in [6.45, 7) is 3.52. The first-order valence-electron chi connectivity index (χ1n) is 5.35. The molecule has 0 aromatic rings. The van der Waals surface area contributed by atoms with Gasteiger partial charge in [0.05, 0.1) is 0 Å². The summed E-state index contributed by atoms with van der Waals surface area (Å²) in [5, 5.41) is 12.9. The van der Waals surface area contributed by atoms with E-state index >= 15 is 0 Å². The van der Waals surface area contributed by atoms with Gasteiger partial charge in [0, 0.05) is 14.1 Å². The number of amides is 2. The van der Waals surface area contributed by atoms with Crippen molar-refractivity contribution in [2.75, 3.05) is 26.6 Å². The molecule has 0 aliphatic heterocycles. The van der Waals surface area contributed by atoms with Crippen LogP contribution in [0.25, 0.3) is 0 Å². The average Bonchev–Trinajstić information content (AvgIpc) is 2.49. The van der Waals surface area contributed by atoms with Crippen LogP contribution in [0, 0.1) is 0 Å². The van der Waals surface area contributed by atoms with Crippen LogP contribution in [0.15, 0.2) is 10.3 Å². The van der Waals surface area contributed by atoms with Crippen molar-refractivity contribution in [1.29, 1.82) is 0 Å². The zero-order valence-electron chi connectivity index (χ0n) is 12.3. The van der Waals surface area contributed by atoms with E-state index in [1.54, 1.807) is 13.8 Å². The second kappa shape index (κ2) is 14.0. The highest BCUT2D eigenvalue weighted by Crippen LogP contribution is 1.97. The van der Waals surface area contributed by atoms with E-state index in [0.717, 1.165) is 0 Å². The number of carbonyl (C=O) groups is 2. The molecule has 0 atom stereocenters. The fourth-order valence-corrected chi connectivity index (χ4v) is 0.601. The Morgan fingerprint density at radius 1 is 0.850 bits per heavy atom. The van der Waals surface area contributed by atoms with Gasteiger partial charge in [-0.1, -0.05) is 10.3 Å². The Bertz CT molecular complexity index is 327. The van der Waals surface area contributed by atoms with E-state index < -0.39 is 12.2 Å². The molecule has 116 valence electrons. The standard InChI is InChI=1S/2C5H10N2O2S/c2*1-4(10-3)7-9-5(8)6-2/h2*1-3H3,(H,6,8)/b2*7-4+. The van der Waals surface area contributed by atoms with Crippen LogP contribution < -0.4 is 10.6 Å². The van der Waals surface area contributed by atoms with Crippen molar-refractivity contribution >= 4 is 45.8 Å². The molecule has 20 heavy (non-hydrogen) atoms. The minimum atomic E-state index is -0.548. The van der Waals surface area contributed by atoms with E-state index in [4.69, 9.17) is 0 Å². The summed E-state index contributed by atoms with van der Waals surface area (Å²) in [5.41, 5.74) is 0. The van der Waals surface area contributed by atoms with Crippen LogP contribution in [0.3, 0.4) is 0 Å². The lowest BCUT2D eigenvalue weighted by atomic mass is 10.9. The van der Waals surface area contributed by atoms with Gasteiger partial charge in [0.1, 0.15) is 10.1 Å². The summed E-state index contributed by atoms with van der Waals surface area (Å²) in [6, 6.07) is 0. The normalized spacial score (nSPS) is 10.9. The fourth-order valence-electron chi connectivity index (χ4n) is 0.377. The first-order chi connectivity index (χ1) is 9.40. The maximum absolute atomic E-state index is 10.4. The van der Waals surface area contributed by atoms with Gasteiger partial charge in [-0.05, 0) is 26.4 Å². The van der Waals surface area contributed by atoms with E-state index in [1.165, 1.54) is 37.6 Å². The quantitative estimate of drug-likeness (QED) is 0.349. The van der Waals surface area contributed by atoms with Crippen LogP contribution >= 0.6 is 23.5 Å². The Morgan fingerprint density at radius 2 is 1.15 bits per heavy atom. The molecule has 2 N–H and O–H groups in total. The second-order valence-electron chi connectivity index (χ2n) is 2.89. The zero-order chi connectivity index (χ0) is 16.0. The molecule has 0 spiro atoms. The third-order valence-electron chi connectivity index (χ3n) is 1.51. The lowest BCUT2D eigenvalue weighted by Gasteiger charge is -1.95.